The van der Waals surface area contributed by atoms with Crippen molar-refractivity contribution in [3.63, 3.8) is 0 Å². The fourth-order valence-electron chi connectivity index (χ4n) is 2.13. The molecule has 0 saturated carbocycles. The zero-order valence-corrected chi connectivity index (χ0v) is 16.5. The summed E-state index contributed by atoms with van der Waals surface area (Å²) in [5, 5.41) is 6.46. The summed E-state index contributed by atoms with van der Waals surface area (Å²) in [4.78, 5) is 23.9. The van der Waals surface area contributed by atoms with Gasteiger partial charge in [0.25, 0.3) is 11.8 Å². The lowest BCUT2D eigenvalue weighted by Gasteiger charge is -2.06. The Bertz CT molecular complexity index is 865. The van der Waals surface area contributed by atoms with Crippen molar-refractivity contribution in [3.05, 3.63) is 76.3 Å². The van der Waals surface area contributed by atoms with Gasteiger partial charge in [0, 0.05) is 15.6 Å². The summed E-state index contributed by atoms with van der Waals surface area (Å²) in [5.41, 5.74) is 4.59. The third kappa shape index (κ3) is 6.71. The minimum absolute atomic E-state index is 0.173. The number of carbonyl (C=O) groups excluding carboxylic acids is 2. The molecule has 0 unspecified atom stereocenters. The Hall–Kier alpha value is -2.93. The van der Waals surface area contributed by atoms with E-state index >= 15 is 0 Å². The Morgan fingerprint density at radius 1 is 1.26 bits per heavy atom. The molecular weight excluding hydrogens is 410 g/mol. The highest BCUT2D eigenvalue weighted by molar-refractivity contribution is 9.10. The van der Waals surface area contributed by atoms with Crippen molar-refractivity contribution in [2.45, 2.75) is 6.92 Å². The number of aryl methyl sites for hydroxylation is 1. The predicted molar refractivity (Wildman–Crippen MR) is 109 cm³/mol. The summed E-state index contributed by atoms with van der Waals surface area (Å²) in [6.07, 6.45) is 3.15. The van der Waals surface area contributed by atoms with E-state index in [2.05, 4.69) is 38.4 Å². The van der Waals surface area contributed by atoms with E-state index in [1.165, 1.54) is 6.21 Å². The third-order valence-corrected chi connectivity index (χ3v) is 4.14. The van der Waals surface area contributed by atoms with Crippen LogP contribution in [0, 0.1) is 6.92 Å². The van der Waals surface area contributed by atoms with E-state index in [4.69, 9.17) is 4.74 Å². The van der Waals surface area contributed by atoms with Gasteiger partial charge in [-0.3, -0.25) is 9.59 Å². The largest absolute Gasteiger partial charge is 0.490 e. The standard InChI is InChI=1S/C20H20BrN3O3/c1-3-9-27-17-7-8-18(21)16(11-17)12-23-24-19(25)13-22-20(26)15-6-4-5-14(2)10-15/h3-8,10-12H,1,9,13H2,2H3,(H,22,26)(H,24,25)/b23-12-. The average Bonchev–Trinajstić information content (AvgIpc) is 2.66. The number of amides is 2. The SMILES string of the molecule is C=CCOc1ccc(Br)c(/C=N\NC(=O)CNC(=O)c2cccc(C)c2)c1. The summed E-state index contributed by atoms with van der Waals surface area (Å²) in [7, 11) is 0. The van der Waals surface area contributed by atoms with Crippen LogP contribution in [0.25, 0.3) is 0 Å². The van der Waals surface area contributed by atoms with Crippen molar-refractivity contribution < 1.29 is 14.3 Å². The molecule has 0 heterocycles. The number of rotatable bonds is 8. The molecule has 0 aliphatic heterocycles. The molecule has 0 saturated heterocycles. The van der Waals surface area contributed by atoms with Crippen LogP contribution in [0.4, 0.5) is 0 Å². The predicted octanol–water partition coefficient (Wildman–Crippen LogP) is 3.20. The van der Waals surface area contributed by atoms with E-state index in [-0.39, 0.29) is 12.5 Å². The fraction of sp³-hybridized carbons (Fsp3) is 0.150. The van der Waals surface area contributed by atoms with Crippen LogP contribution >= 0.6 is 15.9 Å². The number of ether oxygens (including phenoxy) is 1. The van der Waals surface area contributed by atoms with Crippen LogP contribution in [0.15, 0.2) is 64.7 Å². The molecule has 7 heteroatoms. The van der Waals surface area contributed by atoms with E-state index in [0.29, 0.717) is 17.9 Å². The van der Waals surface area contributed by atoms with E-state index < -0.39 is 5.91 Å². The summed E-state index contributed by atoms with van der Waals surface area (Å²) < 4.78 is 6.26. The molecule has 0 bridgehead atoms. The number of halogens is 1. The molecule has 140 valence electrons. The van der Waals surface area contributed by atoms with E-state index in [0.717, 1.165) is 15.6 Å². The Balaban J connectivity index is 1.86. The molecule has 0 aliphatic rings. The molecule has 2 amide bonds. The lowest BCUT2D eigenvalue weighted by Crippen LogP contribution is -2.34. The van der Waals surface area contributed by atoms with Crippen molar-refractivity contribution in [1.82, 2.24) is 10.7 Å². The number of nitrogens with zero attached hydrogens (tertiary/aromatic N) is 1. The molecule has 2 rings (SSSR count). The van der Waals surface area contributed by atoms with E-state index in [1.807, 2.05) is 25.1 Å². The molecule has 2 aromatic rings. The number of hydrazone groups is 1. The summed E-state index contributed by atoms with van der Waals surface area (Å²) in [5.74, 6) is -0.0774. The van der Waals surface area contributed by atoms with Crippen LogP contribution in [0.1, 0.15) is 21.5 Å². The summed E-state index contributed by atoms with van der Waals surface area (Å²) >= 11 is 3.41. The van der Waals surface area contributed by atoms with Crippen LogP contribution in [0.3, 0.4) is 0 Å². The first-order valence-electron chi connectivity index (χ1n) is 8.19. The summed E-state index contributed by atoms with van der Waals surface area (Å²) in [6.45, 7) is 5.72. The van der Waals surface area contributed by atoms with E-state index in [9.17, 15) is 9.59 Å². The number of carbonyl (C=O) groups is 2. The Morgan fingerprint density at radius 2 is 2.07 bits per heavy atom. The monoisotopic (exact) mass is 429 g/mol. The topological polar surface area (TPSA) is 79.8 Å². The van der Waals surface area contributed by atoms with Gasteiger partial charge in [-0.1, -0.05) is 46.3 Å². The molecule has 0 aliphatic carbocycles. The van der Waals surface area contributed by atoms with Gasteiger partial charge in [-0.2, -0.15) is 5.10 Å². The lowest BCUT2D eigenvalue weighted by atomic mass is 10.1. The maximum absolute atomic E-state index is 12.0. The maximum Gasteiger partial charge on any atom is 0.259 e. The number of hydrogen-bond acceptors (Lipinski definition) is 4. The van der Waals surface area contributed by atoms with Gasteiger partial charge in [0.15, 0.2) is 0 Å². The molecular formula is C20H20BrN3O3. The van der Waals surface area contributed by atoms with Crippen LogP contribution < -0.4 is 15.5 Å². The maximum atomic E-state index is 12.0. The normalized spacial score (nSPS) is 10.4. The van der Waals surface area contributed by atoms with Crippen molar-refractivity contribution in [1.29, 1.82) is 0 Å². The zero-order chi connectivity index (χ0) is 19.6. The molecule has 0 radical (unpaired) electrons. The third-order valence-electron chi connectivity index (χ3n) is 3.42. The minimum atomic E-state index is -0.428. The van der Waals surface area contributed by atoms with Gasteiger partial charge in [-0.25, -0.2) is 5.43 Å². The molecule has 0 aromatic heterocycles. The quantitative estimate of drug-likeness (QED) is 0.384. The van der Waals surface area contributed by atoms with Crippen LogP contribution in [-0.4, -0.2) is 31.2 Å². The van der Waals surface area contributed by atoms with Crippen molar-refractivity contribution in [3.8, 4) is 5.75 Å². The molecule has 27 heavy (non-hydrogen) atoms. The van der Waals surface area contributed by atoms with Crippen molar-refractivity contribution in [2.24, 2.45) is 5.10 Å². The zero-order valence-electron chi connectivity index (χ0n) is 14.9. The number of benzene rings is 2. The molecule has 2 N–H and O–H groups in total. The highest BCUT2D eigenvalue weighted by Crippen LogP contribution is 2.21. The van der Waals surface area contributed by atoms with Crippen molar-refractivity contribution >= 4 is 34.0 Å². The average molecular weight is 430 g/mol. The Kier molecular flexibility index (Phi) is 7.76. The van der Waals surface area contributed by atoms with Crippen molar-refractivity contribution in [2.75, 3.05) is 13.2 Å². The van der Waals surface area contributed by atoms with Gasteiger partial charge in [0.05, 0.1) is 12.8 Å². The first-order valence-corrected chi connectivity index (χ1v) is 8.99. The van der Waals surface area contributed by atoms with Gasteiger partial charge in [0.2, 0.25) is 0 Å². The molecule has 0 fully saturated rings. The second kappa shape index (κ2) is 10.3. The number of hydrogen-bond donors (Lipinski definition) is 2. The first kappa shape index (κ1) is 20.4. The highest BCUT2D eigenvalue weighted by Gasteiger charge is 2.07. The molecule has 2 aromatic carbocycles. The molecule has 0 spiro atoms. The first-order chi connectivity index (χ1) is 13.0. The van der Waals surface area contributed by atoms with Gasteiger partial charge in [-0.15, -0.1) is 0 Å². The van der Waals surface area contributed by atoms with Crippen LogP contribution in [0.5, 0.6) is 5.75 Å². The van der Waals surface area contributed by atoms with Gasteiger partial charge >= 0.3 is 0 Å². The van der Waals surface area contributed by atoms with E-state index in [1.54, 1.807) is 30.3 Å². The smallest absolute Gasteiger partial charge is 0.259 e. The second-order valence-corrected chi connectivity index (χ2v) is 6.48. The minimum Gasteiger partial charge on any atom is -0.490 e. The van der Waals surface area contributed by atoms with Gasteiger partial charge in [0.1, 0.15) is 12.4 Å². The summed E-state index contributed by atoms with van der Waals surface area (Å²) in [6, 6.07) is 12.5. The highest BCUT2D eigenvalue weighted by atomic mass is 79.9. The fourth-order valence-corrected chi connectivity index (χ4v) is 2.48. The Morgan fingerprint density at radius 3 is 2.81 bits per heavy atom. The van der Waals surface area contributed by atoms with Gasteiger partial charge in [-0.05, 0) is 37.3 Å². The second-order valence-electron chi connectivity index (χ2n) is 5.63. The van der Waals surface area contributed by atoms with Crippen LogP contribution in [0.2, 0.25) is 0 Å². The van der Waals surface area contributed by atoms with Crippen LogP contribution in [-0.2, 0) is 4.79 Å². The lowest BCUT2D eigenvalue weighted by molar-refractivity contribution is -0.120. The molecule has 6 nitrogen and oxygen atoms in total. The number of nitrogens with one attached hydrogen (secondary N) is 2. The van der Waals surface area contributed by atoms with Gasteiger partial charge < -0.3 is 10.1 Å². The Labute approximate surface area is 166 Å². The molecule has 0 atom stereocenters.